The number of benzene rings is 2. The van der Waals surface area contributed by atoms with E-state index >= 15 is 0 Å². The van der Waals surface area contributed by atoms with Crippen LogP contribution in [0.3, 0.4) is 0 Å². The number of likely N-dealkylation sites (N-methyl/N-ethyl adjacent to an activating group) is 1. The molecule has 0 aromatic heterocycles. The number of amides is 1. The summed E-state index contributed by atoms with van der Waals surface area (Å²) in [4.78, 5) is 14.3. The zero-order valence-electron chi connectivity index (χ0n) is 15.6. The van der Waals surface area contributed by atoms with Gasteiger partial charge in [0.05, 0.1) is 6.54 Å². The Hall–Kier alpha value is -2.17. The number of carbonyl (C=O) groups is 1. The predicted molar refractivity (Wildman–Crippen MR) is 105 cm³/mol. The second-order valence-corrected chi connectivity index (χ2v) is 6.85. The lowest BCUT2D eigenvalue weighted by Gasteiger charge is -2.25. The lowest BCUT2D eigenvalue weighted by Crippen LogP contribution is -2.35. The van der Waals surface area contributed by atoms with Gasteiger partial charge in [-0.25, -0.2) is 0 Å². The van der Waals surface area contributed by atoms with Crippen LogP contribution >= 0.6 is 0 Å². The largest absolute Gasteiger partial charge is 0.325 e. The van der Waals surface area contributed by atoms with Gasteiger partial charge in [0, 0.05) is 18.3 Å². The van der Waals surface area contributed by atoms with Gasteiger partial charge in [-0.2, -0.15) is 0 Å². The number of hydrogen-bond acceptors (Lipinski definition) is 3. The summed E-state index contributed by atoms with van der Waals surface area (Å²) in [6.07, 6.45) is 0. The van der Waals surface area contributed by atoms with Gasteiger partial charge in [0.15, 0.2) is 0 Å². The summed E-state index contributed by atoms with van der Waals surface area (Å²) in [5.41, 5.74) is 3.35. The van der Waals surface area contributed by atoms with Crippen molar-refractivity contribution in [3.63, 3.8) is 0 Å². The molecule has 0 fully saturated rings. The van der Waals surface area contributed by atoms with Gasteiger partial charge in [-0.1, -0.05) is 56.3 Å². The van der Waals surface area contributed by atoms with E-state index in [4.69, 9.17) is 0 Å². The van der Waals surface area contributed by atoms with E-state index in [0.29, 0.717) is 12.5 Å². The first-order chi connectivity index (χ1) is 12.0. The highest BCUT2D eigenvalue weighted by Gasteiger charge is 2.13. The zero-order chi connectivity index (χ0) is 18.2. The Kier molecular flexibility index (Phi) is 7.16. The fourth-order valence-electron chi connectivity index (χ4n) is 2.75. The van der Waals surface area contributed by atoms with Crippen molar-refractivity contribution < 1.29 is 4.79 Å². The van der Waals surface area contributed by atoms with Gasteiger partial charge in [0.25, 0.3) is 0 Å². The molecule has 2 rings (SSSR count). The minimum absolute atomic E-state index is 0.0251. The molecule has 2 aromatic carbocycles. The normalized spacial score (nSPS) is 12.4. The van der Waals surface area contributed by atoms with E-state index in [0.717, 1.165) is 12.2 Å². The lowest BCUT2D eigenvalue weighted by molar-refractivity contribution is -0.115. The van der Waals surface area contributed by atoms with Crippen molar-refractivity contribution in [2.45, 2.75) is 25.8 Å². The minimum Gasteiger partial charge on any atom is -0.325 e. The van der Waals surface area contributed by atoms with Crippen LogP contribution in [0.2, 0.25) is 0 Å². The van der Waals surface area contributed by atoms with Gasteiger partial charge in [-0.05, 0) is 43.3 Å². The number of carbonyl (C=O) groups excluding carboxylic acids is 1. The number of rotatable bonds is 8. The van der Waals surface area contributed by atoms with Crippen molar-refractivity contribution in [1.82, 2.24) is 10.2 Å². The Morgan fingerprint density at radius 3 is 2.16 bits per heavy atom. The Morgan fingerprint density at radius 1 is 0.960 bits per heavy atom. The molecule has 1 atom stereocenters. The van der Waals surface area contributed by atoms with Gasteiger partial charge in [-0.3, -0.25) is 4.79 Å². The molecule has 4 nitrogen and oxygen atoms in total. The van der Waals surface area contributed by atoms with Crippen LogP contribution in [0.5, 0.6) is 0 Å². The minimum atomic E-state index is -0.0251. The summed E-state index contributed by atoms with van der Waals surface area (Å²) in [5, 5.41) is 6.20. The predicted octanol–water partition coefficient (Wildman–Crippen LogP) is 3.64. The molecule has 0 unspecified atom stereocenters. The second-order valence-electron chi connectivity index (χ2n) is 6.85. The standard InChI is InChI=1S/C21H29N3O/c1-16(2)17-10-12-19(13-11-17)23-21(25)15-22-14-20(24(3)4)18-8-6-5-7-9-18/h5-13,16,20,22H,14-15H2,1-4H3,(H,23,25)/t20-/m1/s1. The Morgan fingerprint density at radius 2 is 1.60 bits per heavy atom. The summed E-state index contributed by atoms with van der Waals surface area (Å²) in [6.45, 7) is 5.33. The highest BCUT2D eigenvalue weighted by atomic mass is 16.1. The summed E-state index contributed by atoms with van der Waals surface area (Å²) in [6, 6.07) is 18.6. The fraction of sp³-hybridized carbons (Fsp3) is 0.381. The van der Waals surface area contributed by atoms with Crippen LogP contribution in [0.4, 0.5) is 5.69 Å². The van der Waals surface area contributed by atoms with Gasteiger partial charge in [-0.15, -0.1) is 0 Å². The molecule has 2 aromatic rings. The Bertz CT molecular complexity index is 651. The van der Waals surface area contributed by atoms with Crippen LogP contribution in [-0.4, -0.2) is 38.0 Å². The molecule has 0 aliphatic heterocycles. The Labute approximate surface area is 151 Å². The van der Waals surface area contributed by atoms with Crippen LogP contribution in [-0.2, 0) is 4.79 Å². The molecule has 4 heteroatoms. The first-order valence-electron chi connectivity index (χ1n) is 8.79. The molecule has 2 N–H and O–H groups in total. The van der Waals surface area contributed by atoms with Gasteiger partial charge in [0.2, 0.25) is 5.91 Å². The summed E-state index contributed by atoms with van der Waals surface area (Å²) in [5.74, 6) is 0.468. The van der Waals surface area contributed by atoms with Crippen LogP contribution in [0.1, 0.15) is 36.9 Å². The number of hydrogen-bond donors (Lipinski definition) is 2. The van der Waals surface area contributed by atoms with Crippen LogP contribution in [0, 0.1) is 0 Å². The molecule has 0 spiro atoms. The SMILES string of the molecule is CC(C)c1ccc(NC(=O)CNC[C@H](c2ccccc2)N(C)C)cc1. The van der Waals surface area contributed by atoms with Crippen molar-refractivity contribution in [2.24, 2.45) is 0 Å². The summed E-state index contributed by atoms with van der Waals surface area (Å²) >= 11 is 0. The first-order valence-corrected chi connectivity index (χ1v) is 8.79. The average molecular weight is 339 g/mol. The molecular formula is C21H29N3O. The zero-order valence-corrected chi connectivity index (χ0v) is 15.6. The van der Waals surface area contributed by atoms with Gasteiger partial charge in [0.1, 0.15) is 0 Å². The van der Waals surface area contributed by atoms with Crippen LogP contribution in [0.25, 0.3) is 0 Å². The van der Waals surface area contributed by atoms with Crippen LogP contribution < -0.4 is 10.6 Å². The third kappa shape index (κ3) is 6.00. The number of anilines is 1. The lowest BCUT2D eigenvalue weighted by atomic mass is 10.0. The highest BCUT2D eigenvalue weighted by molar-refractivity contribution is 5.92. The average Bonchev–Trinajstić information content (AvgIpc) is 2.59. The van der Waals surface area contributed by atoms with E-state index in [1.54, 1.807) is 0 Å². The molecule has 0 saturated heterocycles. The third-order valence-electron chi connectivity index (χ3n) is 4.29. The van der Waals surface area contributed by atoms with Crippen molar-refractivity contribution >= 4 is 11.6 Å². The van der Waals surface area contributed by atoms with Gasteiger partial charge < -0.3 is 15.5 Å². The van der Waals surface area contributed by atoms with Crippen molar-refractivity contribution in [1.29, 1.82) is 0 Å². The van der Waals surface area contributed by atoms with Crippen LogP contribution in [0.15, 0.2) is 54.6 Å². The second kappa shape index (κ2) is 9.35. The summed E-state index contributed by atoms with van der Waals surface area (Å²) in [7, 11) is 4.10. The van der Waals surface area contributed by atoms with Gasteiger partial charge >= 0.3 is 0 Å². The molecule has 134 valence electrons. The maximum absolute atomic E-state index is 12.1. The molecule has 0 aliphatic carbocycles. The van der Waals surface area contributed by atoms with E-state index in [2.05, 4.69) is 67.7 Å². The van der Waals surface area contributed by atoms with Crippen molar-refractivity contribution in [3.8, 4) is 0 Å². The fourth-order valence-corrected chi connectivity index (χ4v) is 2.75. The van der Waals surface area contributed by atoms with E-state index in [1.807, 2.05) is 30.3 Å². The first kappa shape index (κ1) is 19.2. The Balaban J connectivity index is 1.82. The molecule has 25 heavy (non-hydrogen) atoms. The maximum Gasteiger partial charge on any atom is 0.238 e. The topological polar surface area (TPSA) is 44.4 Å². The van der Waals surface area contributed by atoms with E-state index < -0.39 is 0 Å². The van der Waals surface area contributed by atoms with Crippen molar-refractivity contribution in [2.75, 3.05) is 32.5 Å². The molecule has 0 saturated carbocycles. The molecule has 0 heterocycles. The quantitative estimate of drug-likeness (QED) is 0.772. The third-order valence-corrected chi connectivity index (χ3v) is 4.29. The molecular weight excluding hydrogens is 310 g/mol. The van der Waals surface area contributed by atoms with E-state index in [-0.39, 0.29) is 11.9 Å². The monoisotopic (exact) mass is 339 g/mol. The molecule has 0 radical (unpaired) electrons. The van der Waals surface area contributed by atoms with E-state index in [9.17, 15) is 4.79 Å². The maximum atomic E-state index is 12.1. The number of nitrogens with zero attached hydrogens (tertiary/aromatic N) is 1. The highest BCUT2D eigenvalue weighted by Crippen LogP contribution is 2.18. The summed E-state index contributed by atoms with van der Waals surface area (Å²) < 4.78 is 0. The van der Waals surface area contributed by atoms with Crippen molar-refractivity contribution in [3.05, 3.63) is 65.7 Å². The number of nitrogens with one attached hydrogen (secondary N) is 2. The molecule has 1 amide bonds. The molecule has 0 aliphatic rings. The molecule has 0 bridgehead atoms. The smallest absolute Gasteiger partial charge is 0.238 e. The van der Waals surface area contributed by atoms with E-state index in [1.165, 1.54) is 11.1 Å².